The maximum absolute atomic E-state index is 13.2. The number of halogens is 1. The number of rotatable bonds is 6. The Hall–Kier alpha value is -3.32. The molecule has 1 aliphatic heterocycles. The van der Waals surface area contributed by atoms with Crippen molar-refractivity contribution >= 4 is 29.3 Å². The van der Waals surface area contributed by atoms with Gasteiger partial charge in [-0.05, 0) is 61.7 Å². The van der Waals surface area contributed by atoms with E-state index < -0.39 is 5.97 Å². The molecule has 0 bridgehead atoms. The topological polar surface area (TPSA) is 87.5 Å². The Kier molecular flexibility index (Phi) is 5.93. The van der Waals surface area contributed by atoms with Crippen LogP contribution >= 0.6 is 11.6 Å². The highest BCUT2D eigenvalue weighted by atomic mass is 35.5. The number of carboxylic acid groups (broad SMARTS) is 1. The molecule has 0 saturated carbocycles. The summed E-state index contributed by atoms with van der Waals surface area (Å²) in [5, 5.41) is 17.4. The summed E-state index contributed by atoms with van der Waals surface area (Å²) in [6.45, 7) is 7.85. The van der Waals surface area contributed by atoms with Gasteiger partial charge in [0.25, 0.3) is 5.91 Å². The number of carbonyl (C=O) groups is 2. The Balaban J connectivity index is 1.55. The molecule has 0 saturated heterocycles. The summed E-state index contributed by atoms with van der Waals surface area (Å²) in [4.78, 5) is 26.5. The third kappa shape index (κ3) is 4.34. The number of hydrogen-bond acceptors (Lipinski definition) is 4. The fraction of sp³-hybridized carbons (Fsp3) is 0.292. The predicted molar refractivity (Wildman–Crippen MR) is 123 cm³/mol. The van der Waals surface area contributed by atoms with E-state index in [1.807, 2.05) is 37.6 Å². The van der Waals surface area contributed by atoms with E-state index in [0.717, 1.165) is 35.6 Å². The Labute approximate surface area is 191 Å². The molecule has 0 aliphatic carbocycles. The molecule has 3 aromatic rings. The second kappa shape index (κ2) is 8.67. The average Bonchev–Trinajstić information content (AvgIpc) is 3.25. The van der Waals surface area contributed by atoms with E-state index in [2.05, 4.69) is 21.4 Å². The monoisotopic (exact) mass is 452 g/mol. The number of benzene rings is 2. The lowest BCUT2D eigenvalue weighted by molar-refractivity contribution is 0.0696. The Morgan fingerprint density at radius 2 is 1.88 bits per heavy atom. The van der Waals surface area contributed by atoms with Crippen LogP contribution in [0.15, 0.2) is 42.5 Å². The van der Waals surface area contributed by atoms with Gasteiger partial charge in [0.1, 0.15) is 11.4 Å². The minimum absolute atomic E-state index is 0.201. The molecule has 4 rings (SSSR count). The average molecular weight is 453 g/mol. The van der Waals surface area contributed by atoms with Gasteiger partial charge in [-0.25, -0.2) is 9.48 Å². The quantitative estimate of drug-likeness (QED) is 0.580. The van der Waals surface area contributed by atoms with Crippen molar-refractivity contribution in [1.82, 2.24) is 15.1 Å². The maximum Gasteiger partial charge on any atom is 0.335 e. The molecule has 0 spiro atoms. The number of aromatic carboxylic acids is 1. The number of carboxylic acids is 1. The largest absolute Gasteiger partial charge is 0.478 e. The van der Waals surface area contributed by atoms with E-state index in [9.17, 15) is 9.59 Å². The number of nitrogens with one attached hydrogen (secondary N) is 1. The zero-order valence-electron chi connectivity index (χ0n) is 18.2. The van der Waals surface area contributed by atoms with Crippen LogP contribution in [0.4, 0.5) is 5.82 Å². The highest BCUT2D eigenvalue weighted by molar-refractivity contribution is 6.30. The second-order valence-corrected chi connectivity index (χ2v) is 8.62. The molecule has 8 heteroatoms. The lowest BCUT2D eigenvalue weighted by atomic mass is 10.1. The van der Waals surface area contributed by atoms with Crippen molar-refractivity contribution in [3.8, 4) is 0 Å². The molecule has 2 aromatic carbocycles. The first kappa shape index (κ1) is 21.9. The summed E-state index contributed by atoms with van der Waals surface area (Å²) in [5.41, 5.74) is 4.46. The first-order chi connectivity index (χ1) is 15.2. The molecule has 2 N–H and O–H groups in total. The summed E-state index contributed by atoms with van der Waals surface area (Å²) >= 11 is 6.23. The molecule has 1 aliphatic rings. The summed E-state index contributed by atoms with van der Waals surface area (Å²) in [6.07, 6.45) is 0. The first-order valence-electron chi connectivity index (χ1n) is 10.5. The number of aryl methyl sites for hydroxylation is 2. The predicted octanol–water partition coefficient (Wildman–Crippen LogP) is 4.36. The standard InChI is InChI=1S/C24H25ClN4O3/c1-14-10-17(12-20(25)11-14)13-28-8-9-29-23(28)21(16(3)27-29)22(30)26-15(2)18-4-6-19(7-5-18)24(31)32/h4-7,10-12,15H,8-9,13H2,1-3H3,(H,26,30)(H,31,32)/t15-/m0/s1. The Morgan fingerprint density at radius 3 is 2.53 bits per heavy atom. The fourth-order valence-electron chi connectivity index (χ4n) is 4.18. The van der Waals surface area contributed by atoms with Crippen LogP contribution in [0.1, 0.15) is 56.1 Å². The van der Waals surface area contributed by atoms with Gasteiger partial charge in [0.05, 0.1) is 23.8 Å². The summed E-state index contributed by atoms with van der Waals surface area (Å²) < 4.78 is 1.88. The maximum atomic E-state index is 13.2. The molecular formula is C24H25ClN4O3. The molecule has 1 amide bonds. The third-order valence-electron chi connectivity index (χ3n) is 5.69. The molecule has 1 aromatic heterocycles. The van der Waals surface area contributed by atoms with Gasteiger partial charge in [-0.2, -0.15) is 5.10 Å². The Morgan fingerprint density at radius 1 is 1.16 bits per heavy atom. The van der Waals surface area contributed by atoms with Gasteiger partial charge in [0.2, 0.25) is 0 Å². The number of anilines is 1. The number of nitrogens with zero attached hydrogens (tertiary/aromatic N) is 3. The molecule has 1 atom stereocenters. The van der Waals surface area contributed by atoms with Crippen molar-refractivity contribution in [3.63, 3.8) is 0 Å². The van der Waals surface area contributed by atoms with Gasteiger partial charge >= 0.3 is 5.97 Å². The minimum Gasteiger partial charge on any atom is -0.478 e. The van der Waals surface area contributed by atoms with E-state index in [-0.39, 0.29) is 17.5 Å². The number of fused-ring (bicyclic) bond motifs is 1. The van der Waals surface area contributed by atoms with Crippen molar-refractivity contribution in [3.05, 3.63) is 81.0 Å². The van der Waals surface area contributed by atoms with E-state index in [4.69, 9.17) is 16.7 Å². The van der Waals surface area contributed by atoms with Crippen molar-refractivity contribution in [2.24, 2.45) is 0 Å². The fourth-order valence-corrected chi connectivity index (χ4v) is 4.49. The van der Waals surface area contributed by atoms with Gasteiger partial charge in [-0.1, -0.05) is 29.8 Å². The van der Waals surface area contributed by atoms with E-state index in [0.29, 0.717) is 22.8 Å². The number of carbonyl (C=O) groups excluding carboxylic acids is 1. The second-order valence-electron chi connectivity index (χ2n) is 8.19. The van der Waals surface area contributed by atoms with Gasteiger partial charge < -0.3 is 15.3 Å². The molecule has 0 radical (unpaired) electrons. The van der Waals surface area contributed by atoms with Crippen molar-refractivity contribution in [2.75, 3.05) is 11.4 Å². The van der Waals surface area contributed by atoms with Gasteiger partial charge in [-0.15, -0.1) is 0 Å². The van der Waals surface area contributed by atoms with Crippen molar-refractivity contribution < 1.29 is 14.7 Å². The minimum atomic E-state index is -0.978. The van der Waals surface area contributed by atoms with Crippen LogP contribution in [0.25, 0.3) is 0 Å². The molecule has 0 fully saturated rings. The van der Waals surface area contributed by atoms with Crippen LogP contribution in [0, 0.1) is 13.8 Å². The lowest BCUT2D eigenvalue weighted by Gasteiger charge is -2.21. The summed E-state index contributed by atoms with van der Waals surface area (Å²) in [5.74, 6) is -0.368. The van der Waals surface area contributed by atoms with E-state index in [1.165, 1.54) is 12.1 Å². The van der Waals surface area contributed by atoms with Gasteiger partial charge in [0.15, 0.2) is 0 Å². The molecule has 0 unspecified atom stereocenters. The highest BCUT2D eigenvalue weighted by Gasteiger charge is 2.30. The number of aromatic nitrogens is 2. The molecule has 32 heavy (non-hydrogen) atoms. The SMILES string of the molecule is Cc1cc(Cl)cc(CN2CCn3nc(C)c(C(=O)N[C@@H](C)c4ccc(C(=O)O)cc4)c32)c1. The zero-order chi connectivity index (χ0) is 23.0. The van der Waals surface area contributed by atoms with Crippen LogP contribution in [0.5, 0.6) is 0 Å². The zero-order valence-corrected chi connectivity index (χ0v) is 19.0. The Bertz CT molecular complexity index is 1170. The molecule has 7 nitrogen and oxygen atoms in total. The molecule has 166 valence electrons. The van der Waals surface area contributed by atoms with Crippen molar-refractivity contribution in [2.45, 2.75) is 39.9 Å². The summed E-state index contributed by atoms with van der Waals surface area (Å²) in [6, 6.07) is 12.2. The van der Waals surface area contributed by atoms with Crippen molar-refractivity contribution in [1.29, 1.82) is 0 Å². The molecule has 2 heterocycles. The van der Waals surface area contributed by atoms with Crippen LogP contribution in [0.3, 0.4) is 0 Å². The van der Waals surface area contributed by atoms with E-state index >= 15 is 0 Å². The number of hydrogen-bond donors (Lipinski definition) is 2. The first-order valence-corrected chi connectivity index (χ1v) is 10.8. The molecular weight excluding hydrogens is 428 g/mol. The van der Waals surface area contributed by atoms with Crippen LogP contribution < -0.4 is 10.2 Å². The lowest BCUT2D eigenvalue weighted by Crippen LogP contribution is -2.29. The normalized spacial score (nSPS) is 13.7. The summed E-state index contributed by atoms with van der Waals surface area (Å²) in [7, 11) is 0. The van der Waals surface area contributed by atoms with Crippen LogP contribution in [-0.2, 0) is 13.1 Å². The van der Waals surface area contributed by atoms with Crippen LogP contribution in [-0.4, -0.2) is 33.3 Å². The van der Waals surface area contributed by atoms with Gasteiger partial charge in [-0.3, -0.25) is 4.79 Å². The highest BCUT2D eigenvalue weighted by Crippen LogP contribution is 2.31. The smallest absolute Gasteiger partial charge is 0.335 e. The van der Waals surface area contributed by atoms with Gasteiger partial charge in [0, 0.05) is 18.1 Å². The van der Waals surface area contributed by atoms with E-state index in [1.54, 1.807) is 12.1 Å². The van der Waals surface area contributed by atoms with Crippen LogP contribution in [0.2, 0.25) is 5.02 Å². The third-order valence-corrected chi connectivity index (χ3v) is 5.91. The number of amides is 1.